The maximum atomic E-state index is 11.9. The van der Waals surface area contributed by atoms with Gasteiger partial charge in [0.2, 0.25) is 5.91 Å². The van der Waals surface area contributed by atoms with E-state index in [1.165, 1.54) is 0 Å². The second kappa shape index (κ2) is 5.29. The fraction of sp³-hybridized carbons (Fsp3) is 0.462. The first-order valence-electron chi connectivity index (χ1n) is 5.95. The normalized spacial score (nSPS) is 20.0. The Labute approximate surface area is 101 Å². The number of aliphatic hydroxyl groups excluding tert-OH is 1. The minimum Gasteiger partial charge on any atom is -0.396 e. The van der Waals surface area contributed by atoms with Gasteiger partial charge in [-0.25, -0.2) is 0 Å². The van der Waals surface area contributed by atoms with Crippen LogP contribution in [-0.2, 0) is 11.2 Å². The predicted octanol–water partition coefficient (Wildman–Crippen LogP) is 0.533. The lowest BCUT2D eigenvalue weighted by atomic mass is 10.1. The van der Waals surface area contributed by atoms with Gasteiger partial charge in [0.25, 0.3) is 0 Å². The van der Waals surface area contributed by atoms with E-state index >= 15 is 0 Å². The van der Waals surface area contributed by atoms with Crippen LogP contribution in [0.15, 0.2) is 24.3 Å². The minimum absolute atomic E-state index is 0.0966. The average molecular weight is 234 g/mol. The third-order valence-electron chi connectivity index (χ3n) is 3.20. The minimum atomic E-state index is 0.0966. The molecule has 1 aliphatic heterocycles. The highest BCUT2D eigenvalue weighted by Gasteiger charge is 2.30. The van der Waals surface area contributed by atoms with Crippen molar-refractivity contribution >= 4 is 11.6 Å². The largest absolute Gasteiger partial charge is 0.396 e. The van der Waals surface area contributed by atoms with Crippen LogP contribution in [0.25, 0.3) is 0 Å². The van der Waals surface area contributed by atoms with Crippen molar-refractivity contribution < 1.29 is 9.90 Å². The van der Waals surface area contributed by atoms with Gasteiger partial charge in [0, 0.05) is 25.3 Å². The SMILES string of the molecule is NCC1CC(=O)N(c2ccccc2CCO)C1. The van der Waals surface area contributed by atoms with E-state index in [9.17, 15) is 4.79 Å². The number of hydrogen-bond donors (Lipinski definition) is 2. The van der Waals surface area contributed by atoms with Gasteiger partial charge in [0.15, 0.2) is 0 Å². The first-order chi connectivity index (χ1) is 8.26. The summed E-state index contributed by atoms with van der Waals surface area (Å²) in [4.78, 5) is 13.7. The van der Waals surface area contributed by atoms with E-state index in [2.05, 4.69) is 0 Å². The highest BCUT2D eigenvalue weighted by Crippen LogP contribution is 2.27. The molecule has 0 bridgehead atoms. The zero-order valence-electron chi connectivity index (χ0n) is 9.80. The number of carbonyl (C=O) groups excluding carboxylic acids is 1. The molecule has 1 aromatic rings. The zero-order chi connectivity index (χ0) is 12.3. The van der Waals surface area contributed by atoms with E-state index in [1.54, 1.807) is 4.90 Å². The lowest BCUT2D eigenvalue weighted by molar-refractivity contribution is -0.117. The van der Waals surface area contributed by atoms with Gasteiger partial charge >= 0.3 is 0 Å². The van der Waals surface area contributed by atoms with Gasteiger partial charge in [-0.15, -0.1) is 0 Å². The third-order valence-corrected chi connectivity index (χ3v) is 3.20. The Hall–Kier alpha value is -1.39. The van der Waals surface area contributed by atoms with E-state index in [-0.39, 0.29) is 18.4 Å². The number of anilines is 1. The molecule has 1 unspecified atom stereocenters. The molecule has 92 valence electrons. The lowest BCUT2D eigenvalue weighted by Gasteiger charge is -2.20. The summed E-state index contributed by atoms with van der Waals surface area (Å²) < 4.78 is 0. The fourth-order valence-electron chi connectivity index (χ4n) is 2.28. The van der Waals surface area contributed by atoms with Crippen LogP contribution in [-0.4, -0.2) is 30.7 Å². The summed E-state index contributed by atoms with van der Waals surface area (Å²) in [5, 5.41) is 9.03. The zero-order valence-corrected chi connectivity index (χ0v) is 9.80. The first kappa shape index (κ1) is 12.1. The number of aliphatic hydroxyl groups is 1. The molecule has 2 rings (SSSR count). The van der Waals surface area contributed by atoms with Gasteiger partial charge in [-0.1, -0.05) is 18.2 Å². The Morgan fingerprint density at radius 2 is 2.18 bits per heavy atom. The maximum absolute atomic E-state index is 11.9. The van der Waals surface area contributed by atoms with Crippen LogP contribution in [0.1, 0.15) is 12.0 Å². The topological polar surface area (TPSA) is 66.6 Å². The van der Waals surface area contributed by atoms with Crippen LogP contribution in [0.3, 0.4) is 0 Å². The molecule has 1 heterocycles. The summed E-state index contributed by atoms with van der Waals surface area (Å²) in [7, 11) is 0. The van der Waals surface area contributed by atoms with Gasteiger partial charge in [-0.2, -0.15) is 0 Å². The molecule has 0 aliphatic carbocycles. The summed E-state index contributed by atoms with van der Waals surface area (Å²) in [6.45, 7) is 1.33. The van der Waals surface area contributed by atoms with Crippen LogP contribution >= 0.6 is 0 Å². The maximum Gasteiger partial charge on any atom is 0.227 e. The number of rotatable bonds is 4. The third kappa shape index (κ3) is 2.48. The molecular weight excluding hydrogens is 216 g/mol. The molecule has 17 heavy (non-hydrogen) atoms. The van der Waals surface area contributed by atoms with E-state index in [1.807, 2.05) is 24.3 Å². The monoisotopic (exact) mass is 234 g/mol. The number of carbonyl (C=O) groups is 1. The highest BCUT2D eigenvalue weighted by atomic mass is 16.3. The number of hydrogen-bond acceptors (Lipinski definition) is 3. The van der Waals surface area contributed by atoms with Crippen molar-refractivity contribution in [3.63, 3.8) is 0 Å². The van der Waals surface area contributed by atoms with Crippen LogP contribution in [0.5, 0.6) is 0 Å². The molecule has 1 amide bonds. The van der Waals surface area contributed by atoms with Gasteiger partial charge in [-0.3, -0.25) is 4.79 Å². The van der Waals surface area contributed by atoms with Crippen LogP contribution in [0.4, 0.5) is 5.69 Å². The molecule has 1 aliphatic rings. The molecule has 4 nitrogen and oxygen atoms in total. The Morgan fingerprint density at radius 3 is 2.82 bits per heavy atom. The summed E-state index contributed by atoms with van der Waals surface area (Å²) in [5.41, 5.74) is 7.55. The number of amides is 1. The lowest BCUT2D eigenvalue weighted by Crippen LogP contribution is -2.26. The van der Waals surface area contributed by atoms with Crippen LogP contribution in [0, 0.1) is 5.92 Å². The van der Waals surface area contributed by atoms with Gasteiger partial charge in [-0.05, 0) is 30.5 Å². The molecule has 0 spiro atoms. The van der Waals surface area contributed by atoms with E-state index in [4.69, 9.17) is 10.8 Å². The summed E-state index contributed by atoms with van der Waals surface area (Å²) in [5.74, 6) is 0.385. The quantitative estimate of drug-likeness (QED) is 0.798. The predicted molar refractivity (Wildman–Crippen MR) is 66.7 cm³/mol. The van der Waals surface area contributed by atoms with Crippen molar-refractivity contribution in [3.8, 4) is 0 Å². The molecule has 0 radical (unpaired) electrons. The summed E-state index contributed by atoms with van der Waals surface area (Å²) in [6, 6.07) is 7.73. The van der Waals surface area contributed by atoms with E-state index < -0.39 is 0 Å². The van der Waals surface area contributed by atoms with Crippen molar-refractivity contribution in [1.29, 1.82) is 0 Å². The van der Waals surface area contributed by atoms with Crippen molar-refractivity contribution in [2.45, 2.75) is 12.8 Å². The summed E-state index contributed by atoms with van der Waals surface area (Å²) in [6.07, 6.45) is 1.11. The van der Waals surface area contributed by atoms with Crippen molar-refractivity contribution in [3.05, 3.63) is 29.8 Å². The fourth-order valence-corrected chi connectivity index (χ4v) is 2.28. The van der Waals surface area contributed by atoms with Gasteiger partial charge < -0.3 is 15.7 Å². The van der Waals surface area contributed by atoms with E-state index in [0.717, 1.165) is 11.3 Å². The second-order valence-electron chi connectivity index (χ2n) is 4.41. The Bertz CT molecular complexity index is 406. The standard InChI is InChI=1S/C13H18N2O2/c14-8-10-7-13(17)15(9-10)12-4-2-1-3-11(12)5-6-16/h1-4,10,16H,5-9,14H2. The van der Waals surface area contributed by atoms with Gasteiger partial charge in [0.05, 0.1) is 0 Å². The molecule has 0 aromatic heterocycles. The number of nitrogens with two attached hydrogens (primary N) is 1. The molecule has 0 saturated carbocycles. The Balaban J connectivity index is 2.25. The molecule has 1 atom stereocenters. The van der Waals surface area contributed by atoms with Crippen LogP contribution < -0.4 is 10.6 Å². The van der Waals surface area contributed by atoms with Crippen molar-refractivity contribution in [1.82, 2.24) is 0 Å². The number of nitrogens with zero attached hydrogens (tertiary/aromatic N) is 1. The molecule has 3 N–H and O–H groups in total. The smallest absolute Gasteiger partial charge is 0.227 e. The molecule has 1 fully saturated rings. The molecule has 4 heteroatoms. The Kier molecular flexibility index (Phi) is 3.76. The van der Waals surface area contributed by atoms with Crippen molar-refractivity contribution in [2.75, 3.05) is 24.6 Å². The Morgan fingerprint density at radius 1 is 1.41 bits per heavy atom. The molecule has 1 aromatic carbocycles. The van der Waals surface area contributed by atoms with E-state index in [0.29, 0.717) is 25.9 Å². The average Bonchev–Trinajstić information content (AvgIpc) is 2.72. The first-order valence-corrected chi connectivity index (χ1v) is 5.95. The second-order valence-corrected chi connectivity index (χ2v) is 4.41. The van der Waals surface area contributed by atoms with Crippen molar-refractivity contribution in [2.24, 2.45) is 11.7 Å². The molecular formula is C13H18N2O2. The van der Waals surface area contributed by atoms with Gasteiger partial charge in [0.1, 0.15) is 0 Å². The highest BCUT2D eigenvalue weighted by molar-refractivity contribution is 5.96. The summed E-state index contributed by atoms with van der Waals surface area (Å²) >= 11 is 0. The number of para-hydroxylation sites is 1. The molecule has 1 saturated heterocycles. The number of benzene rings is 1. The van der Waals surface area contributed by atoms with Crippen LogP contribution in [0.2, 0.25) is 0 Å².